The van der Waals surface area contributed by atoms with Gasteiger partial charge < -0.3 is 5.32 Å². The molecule has 1 saturated carbocycles. The molecule has 0 amide bonds. The van der Waals surface area contributed by atoms with Gasteiger partial charge in [0.15, 0.2) is 0 Å². The van der Waals surface area contributed by atoms with E-state index in [0.717, 1.165) is 6.04 Å². The highest BCUT2D eigenvalue weighted by Crippen LogP contribution is 2.36. The highest BCUT2D eigenvalue weighted by atomic mass is 35.5. The number of hydrogen-bond donors (Lipinski definition) is 1. The Morgan fingerprint density at radius 3 is 2.20 bits per heavy atom. The Bertz CT molecular complexity index is 101. The molecule has 1 unspecified atom stereocenters. The lowest BCUT2D eigenvalue weighted by atomic mass is 9.92. The van der Waals surface area contributed by atoms with Crippen molar-refractivity contribution in [3.63, 3.8) is 0 Å². The fourth-order valence-corrected chi connectivity index (χ4v) is 1.68. The van der Waals surface area contributed by atoms with Gasteiger partial charge in [-0.3, -0.25) is 0 Å². The third-order valence-electron chi connectivity index (χ3n) is 2.38. The van der Waals surface area contributed by atoms with Crippen LogP contribution in [0.25, 0.3) is 0 Å². The molecular weight excluding hydrogens is 146 g/mol. The van der Waals surface area contributed by atoms with Gasteiger partial charge in [-0.1, -0.05) is 13.8 Å². The molecule has 0 aromatic carbocycles. The van der Waals surface area contributed by atoms with E-state index in [1.807, 2.05) is 0 Å². The Morgan fingerprint density at radius 1 is 1.40 bits per heavy atom. The van der Waals surface area contributed by atoms with Gasteiger partial charge in [0.2, 0.25) is 0 Å². The van der Waals surface area contributed by atoms with Crippen LogP contribution in [0.4, 0.5) is 0 Å². The van der Waals surface area contributed by atoms with Crippen molar-refractivity contribution in [1.82, 2.24) is 5.32 Å². The molecule has 2 heteroatoms. The van der Waals surface area contributed by atoms with Crippen molar-refractivity contribution in [2.24, 2.45) is 5.41 Å². The van der Waals surface area contributed by atoms with Gasteiger partial charge in [-0.15, -0.1) is 12.4 Å². The maximum absolute atomic E-state index is 3.32. The molecule has 1 aliphatic rings. The van der Waals surface area contributed by atoms with E-state index in [1.54, 1.807) is 0 Å². The van der Waals surface area contributed by atoms with E-state index in [4.69, 9.17) is 0 Å². The SMILES string of the molecule is CNC1CCC(C)(C)C1.Cl. The lowest BCUT2D eigenvalue weighted by molar-refractivity contribution is 0.369. The molecule has 0 spiro atoms. The second-order valence-corrected chi connectivity index (χ2v) is 3.89. The predicted octanol–water partition coefficient (Wildman–Crippen LogP) is 2.21. The number of nitrogens with one attached hydrogen (secondary N) is 1. The van der Waals surface area contributed by atoms with E-state index in [9.17, 15) is 0 Å². The predicted molar refractivity (Wildman–Crippen MR) is 47.7 cm³/mol. The van der Waals surface area contributed by atoms with Crippen LogP contribution >= 0.6 is 12.4 Å². The molecule has 0 aliphatic heterocycles. The fourth-order valence-electron chi connectivity index (χ4n) is 1.68. The van der Waals surface area contributed by atoms with Crippen LogP contribution in [0.1, 0.15) is 33.1 Å². The molecule has 0 heterocycles. The molecule has 1 aliphatic carbocycles. The normalized spacial score (nSPS) is 29.7. The van der Waals surface area contributed by atoms with E-state index in [-0.39, 0.29) is 12.4 Å². The largest absolute Gasteiger partial charge is 0.317 e. The van der Waals surface area contributed by atoms with Crippen molar-refractivity contribution in [3.05, 3.63) is 0 Å². The Balaban J connectivity index is 0.000000810. The molecule has 1 N–H and O–H groups in total. The lowest BCUT2D eigenvalue weighted by Crippen LogP contribution is -2.22. The summed E-state index contributed by atoms with van der Waals surface area (Å²) >= 11 is 0. The highest BCUT2D eigenvalue weighted by Gasteiger charge is 2.29. The Kier molecular flexibility index (Phi) is 3.68. The summed E-state index contributed by atoms with van der Waals surface area (Å²) in [5.41, 5.74) is 0.605. The van der Waals surface area contributed by atoms with Crippen molar-refractivity contribution in [2.45, 2.75) is 39.2 Å². The molecule has 10 heavy (non-hydrogen) atoms. The summed E-state index contributed by atoms with van der Waals surface area (Å²) in [5.74, 6) is 0. The van der Waals surface area contributed by atoms with Crippen LogP contribution < -0.4 is 5.32 Å². The first kappa shape index (κ1) is 10.2. The second kappa shape index (κ2) is 3.59. The zero-order valence-corrected chi connectivity index (χ0v) is 7.92. The molecule has 0 radical (unpaired) electrons. The minimum atomic E-state index is 0. The van der Waals surface area contributed by atoms with Crippen molar-refractivity contribution in [3.8, 4) is 0 Å². The van der Waals surface area contributed by atoms with Crippen molar-refractivity contribution in [2.75, 3.05) is 7.05 Å². The molecule has 1 fully saturated rings. The van der Waals surface area contributed by atoms with E-state index < -0.39 is 0 Å². The van der Waals surface area contributed by atoms with Gasteiger partial charge in [0, 0.05) is 6.04 Å². The molecule has 0 bridgehead atoms. The number of halogens is 1. The van der Waals surface area contributed by atoms with E-state index in [0.29, 0.717) is 5.41 Å². The van der Waals surface area contributed by atoms with Gasteiger partial charge in [-0.2, -0.15) is 0 Å². The van der Waals surface area contributed by atoms with Crippen LogP contribution in [0.3, 0.4) is 0 Å². The molecule has 1 atom stereocenters. The fraction of sp³-hybridized carbons (Fsp3) is 1.00. The summed E-state index contributed by atoms with van der Waals surface area (Å²) in [5, 5.41) is 3.32. The van der Waals surface area contributed by atoms with Crippen LogP contribution in [0.2, 0.25) is 0 Å². The molecular formula is C8H18ClN. The zero-order chi connectivity index (χ0) is 6.91. The Morgan fingerprint density at radius 2 is 2.00 bits per heavy atom. The summed E-state index contributed by atoms with van der Waals surface area (Å²) in [4.78, 5) is 0. The van der Waals surface area contributed by atoms with Crippen LogP contribution in [0, 0.1) is 5.41 Å². The Hall–Kier alpha value is 0.250. The summed E-state index contributed by atoms with van der Waals surface area (Å²) < 4.78 is 0. The molecule has 1 rings (SSSR count). The number of rotatable bonds is 1. The molecule has 0 saturated heterocycles. The van der Waals surface area contributed by atoms with E-state index in [2.05, 4.69) is 26.2 Å². The first-order valence-corrected chi connectivity index (χ1v) is 3.81. The second-order valence-electron chi connectivity index (χ2n) is 3.89. The molecule has 0 aromatic rings. The van der Waals surface area contributed by atoms with Crippen molar-refractivity contribution in [1.29, 1.82) is 0 Å². The smallest absolute Gasteiger partial charge is 0.00693 e. The average Bonchev–Trinajstić information content (AvgIpc) is 2.10. The van der Waals surface area contributed by atoms with Gasteiger partial charge in [0.05, 0.1) is 0 Å². The van der Waals surface area contributed by atoms with Gasteiger partial charge in [0.25, 0.3) is 0 Å². The standard InChI is InChI=1S/C8H17N.ClH/c1-8(2)5-4-7(6-8)9-3;/h7,9H,4-6H2,1-3H3;1H. The summed E-state index contributed by atoms with van der Waals surface area (Å²) in [6, 6.07) is 0.792. The summed E-state index contributed by atoms with van der Waals surface area (Å²) in [6.07, 6.45) is 4.10. The monoisotopic (exact) mass is 163 g/mol. The van der Waals surface area contributed by atoms with Gasteiger partial charge >= 0.3 is 0 Å². The third kappa shape index (κ3) is 2.47. The number of hydrogen-bond acceptors (Lipinski definition) is 1. The lowest BCUT2D eigenvalue weighted by Gasteiger charge is -2.16. The highest BCUT2D eigenvalue weighted by molar-refractivity contribution is 5.85. The van der Waals surface area contributed by atoms with E-state index in [1.165, 1.54) is 19.3 Å². The Labute approximate surface area is 70.0 Å². The van der Waals surface area contributed by atoms with E-state index >= 15 is 0 Å². The minimum absolute atomic E-state index is 0. The van der Waals surface area contributed by atoms with Crippen LogP contribution in [0.15, 0.2) is 0 Å². The summed E-state index contributed by atoms with van der Waals surface area (Å²) in [7, 11) is 2.06. The van der Waals surface area contributed by atoms with Crippen molar-refractivity contribution >= 4 is 12.4 Å². The van der Waals surface area contributed by atoms with Crippen LogP contribution in [-0.4, -0.2) is 13.1 Å². The topological polar surface area (TPSA) is 12.0 Å². The first-order valence-electron chi connectivity index (χ1n) is 3.81. The minimum Gasteiger partial charge on any atom is -0.317 e. The average molecular weight is 164 g/mol. The van der Waals surface area contributed by atoms with Gasteiger partial charge in [-0.25, -0.2) is 0 Å². The first-order chi connectivity index (χ1) is 4.14. The molecule has 62 valence electrons. The maximum Gasteiger partial charge on any atom is 0.00693 e. The van der Waals surface area contributed by atoms with Crippen LogP contribution in [-0.2, 0) is 0 Å². The van der Waals surface area contributed by atoms with Gasteiger partial charge in [-0.05, 0) is 31.7 Å². The van der Waals surface area contributed by atoms with Crippen LogP contribution in [0.5, 0.6) is 0 Å². The maximum atomic E-state index is 3.32. The summed E-state index contributed by atoms with van der Waals surface area (Å²) in [6.45, 7) is 4.70. The zero-order valence-electron chi connectivity index (χ0n) is 7.11. The molecule has 1 nitrogen and oxygen atoms in total. The molecule has 0 aromatic heterocycles. The third-order valence-corrected chi connectivity index (χ3v) is 2.38. The van der Waals surface area contributed by atoms with Crippen molar-refractivity contribution < 1.29 is 0 Å². The van der Waals surface area contributed by atoms with Gasteiger partial charge in [0.1, 0.15) is 0 Å². The quantitative estimate of drug-likeness (QED) is 0.625.